The molecule has 6 heteroatoms. The van der Waals surface area contributed by atoms with Crippen LogP contribution in [0.4, 0.5) is 5.95 Å². The summed E-state index contributed by atoms with van der Waals surface area (Å²) in [7, 11) is 0. The molecule has 1 aromatic rings. The Morgan fingerprint density at radius 1 is 1.14 bits per heavy atom. The first-order chi connectivity index (χ1) is 10.3. The van der Waals surface area contributed by atoms with E-state index in [0.29, 0.717) is 18.6 Å². The summed E-state index contributed by atoms with van der Waals surface area (Å²) < 4.78 is 5.50. The smallest absolute Gasteiger partial charge is 0.322 e. The Morgan fingerprint density at radius 3 is 2.76 bits per heavy atom. The van der Waals surface area contributed by atoms with Crippen LogP contribution >= 0.6 is 11.6 Å². The van der Waals surface area contributed by atoms with Gasteiger partial charge in [0, 0.05) is 13.1 Å². The van der Waals surface area contributed by atoms with Gasteiger partial charge in [-0.2, -0.15) is 15.0 Å². The van der Waals surface area contributed by atoms with Gasteiger partial charge < -0.3 is 9.64 Å². The number of nitrogens with zero attached hydrogens (tertiary/aromatic N) is 4. The summed E-state index contributed by atoms with van der Waals surface area (Å²) in [4.78, 5) is 15.0. The van der Waals surface area contributed by atoms with Gasteiger partial charge in [0.05, 0.1) is 6.61 Å². The topological polar surface area (TPSA) is 51.1 Å². The SMILES string of the molecule is CCCOc1nc(Cl)nc(N2CCC3CCCCC3C2)n1. The van der Waals surface area contributed by atoms with E-state index in [1.165, 1.54) is 32.1 Å². The van der Waals surface area contributed by atoms with Crippen LogP contribution in [-0.4, -0.2) is 34.6 Å². The van der Waals surface area contributed by atoms with Gasteiger partial charge in [-0.1, -0.05) is 26.2 Å². The summed E-state index contributed by atoms with van der Waals surface area (Å²) in [6, 6.07) is 0.345. The van der Waals surface area contributed by atoms with Crippen molar-refractivity contribution in [3.05, 3.63) is 5.28 Å². The minimum absolute atomic E-state index is 0.219. The van der Waals surface area contributed by atoms with Gasteiger partial charge in [-0.3, -0.25) is 0 Å². The van der Waals surface area contributed by atoms with Crippen LogP contribution in [0, 0.1) is 11.8 Å². The number of hydrogen-bond acceptors (Lipinski definition) is 5. The number of fused-ring (bicyclic) bond motifs is 1. The molecule has 0 spiro atoms. The highest BCUT2D eigenvalue weighted by molar-refractivity contribution is 6.28. The predicted octanol–water partition coefficient (Wildman–Crippen LogP) is 3.33. The van der Waals surface area contributed by atoms with E-state index >= 15 is 0 Å². The van der Waals surface area contributed by atoms with Crippen LogP contribution in [0.15, 0.2) is 0 Å². The average molecular weight is 311 g/mol. The highest BCUT2D eigenvalue weighted by atomic mass is 35.5. The number of anilines is 1. The molecule has 1 aromatic heterocycles. The molecule has 2 heterocycles. The van der Waals surface area contributed by atoms with Crippen LogP contribution in [0.5, 0.6) is 6.01 Å². The normalized spacial score (nSPS) is 25.5. The highest BCUT2D eigenvalue weighted by Gasteiger charge is 2.32. The fourth-order valence-electron chi connectivity index (χ4n) is 3.50. The Balaban J connectivity index is 1.72. The van der Waals surface area contributed by atoms with Crippen molar-refractivity contribution in [2.45, 2.75) is 45.4 Å². The second-order valence-corrected chi connectivity index (χ2v) is 6.41. The molecule has 5 nitrogen and oxygen atoms in total. The molecule has 1 saturated heterocycles. The van der Waals surface area contributed by atoms with Crippen molar-refractivity contribution in [3.8, 4) is 6.01 Å². The van der Waals surface area contributed by atoms with E-state index in [1.54, 1.807) is 0 Å². The molecule has 2 unspecified atom stereocenters. The van der Waals surface area contributed by atoms with Gasteiger partial charge in [-0.05, 0) is 42.7 Å². The number of ether oxygens (including phenoxy) is 1. The zero-order chi connectivity index (χ0) is 14.7. The van der Waals surface area contributed by atoms with Crippen molar-refractivity contribution >= 4 is 17.5 Å². The maximum atomic E-state index is 6.02. The quantitative estimate of drug-likeness (QED) is 0.853. The largest absolute Gasteiger partial charge is 0.463 e. The molecular weight excluding hydrogens is 288 g/mol. The van der Waals surface area contributed by atoms with E-state index in [2.05, 4.69) is 26.8 Å². The van der Waals surface area contributed by atoms with Crippen LogP contribution < -0.4 is 9.64 Å². The number of halogens is 1. The van der Waals surface area contributed by atoms with Crippen LogP contribution in [0.1, 0.15) is 45.4 Å². The molecule has 21 heavy (non-hydrogen) atoms. The second kappa shape index (κ2) is 6.77. The van der Waals surface area contributed by atoms with Crippen molar-refractivity contribution in [3.63, 3.8) is 0 Å². The summed E-state index contributed by atoms with van der Waals surface area (Å²) >= 11 is 6.02. The molecule has 2 fully saturated rings. The summed E-state index contributed by atoms with van der Waals surface area (Å²) in [5.74, 6) is 2.34. The Labute approximate surface area is 131 Å². The minimum atomic E-state index is 0.219. The fourth-order valence-corrected chi connectivity index (χ4v) is 3.65. The maximum absolute atomic E-state index is 6.02. The lowest BCUT2D eigenvalue weighted by Gasteiger charge is -2.41. The predicted molar refractivity (Wildman–Crippen MR) is 82.9 cm³/mol. The third-order valence-electron chi connectivity index (χ3n) is 4.59. The van der Waals surface area contributed by atoms with Gasteiger partial charge in [-0.15, -0.1) is 0 Å². The Hall–Kier alpha value is -1.10. The zero-order valence-corrected chi connectivity index (χ0v) is 13.3. The van der Waals surface area contributed by atoms with Gasteiger partial charge in [-0.25, -0.2) is 0 Å². The minimum Gasteiger partial charge on any atom is -0.463 e. The molecule has 3 rings (SSSR count). The molecule has 2 aliphatic rings. The van der Waals surface area contributed by atoms with E-state index in [1.807, 2.05) is 0 Å². The van der Waals surface area contributed by atoms with Crippen LogP contribution in [0.25, 0.3) is 0 Å². The van der Waals surface area contributed by atoms with E-state index < -0.39 is 0 Å². The average Bonchev–Trinajstić information content (AvgIpc) is 2.52. The molecule has 2 atom stereocenters. The summed E-state index contributed by atoms with van der Waals surface area (Å²) in [6.45, 7) is 4.70. The monoisotopic (exact) mass is 310 g/mol. The number of rotatable bonds is 4. The standard InChI is InChI=1S/C15H23ClN4O/c1-2-9-21-15-18-13(16)17-14(19-15)20-8-7-11-5-3-4-6-12(11)10-20/h11-12H,2-10H2,1H3. The first-order valence-corrected chi connectivity index (χ1v) is 8.43. The van der Waals surface area contributed by atoms with Crippen molar-refractivity contribution in [1.82, 2.24) is 15.0 Å². The fraction of sp³-hybridized carbons (Fsp3) is 0.800. The van der Waals surface area contributed by atoms with E-state index in [0.717, 1.165) is 31.3 Å². The summed E-state index contributed by atoms with van der Waals surface area (Å²) in [6.07, 6.45) is 7.64. The van der Waals surface area contributed by atoms with Crippen LogP contribution in [0.2, 0.25) is 5.28 Å². The maximum Gasteiger partial charge on any atom is 0.322 e. The zero-order valence-electron chi connectivity index (χ0n) is 12.6. The Bertz CT molecular complexity index is 485. The first-order valence-electron chi connectivity index (χ1n) is 8.05. The number of piperidine rings is 1. The number of hydrogen-bond donors (Lipinski definition) is 0. The van der Waals surface area contributed by atoms with Gasteiger partial charge in [0.25, 0.3) is 0 Å². The molecule has 0 bridgehead atoms. The van der Waals surface area contributed by atoms with Crippen molar-refractivity contribution < 1.29 is 4.74 Å². The Morgan fingerprint density at radius 2 is 1.95 bits per heavy atom. The lowest BCUT2D eigenvalue weighted by Crippen LogP contribution is -2.42. The van der Waals surface area contributed by atoms with Gasteiger partial charge in [0.1, 0.15) is 0 Å². The third-order valence-corrected chi connectivity index (χ3v) is 4.75. The van der Waals surface area contributed by atoms with Crippen molar-refractivity contribution in [2.75, 3.05) is 24.6 Å². The summed E-state index contributed by atoms with van der Waals surface area (Å²) in [5, 5.41) is 0.219. The lowest BCUT2D eigenvalue weighted by molar-refractivity contribution is 0.201. The first kappa shape index (κ1) is 14.8. The molecule has 1 aliphatic carbocycles. The van der Waals surface area contributed by atoms with E-state index in [-0.39, 0.29) is 5.28 Å². The van der Waals surface area contributed by atoms with E-state index in [4.69, 9.17) is 16.3 Å². The van der Waals surface area contributed by atoms with Crippen LogP contribution in [-0.2, 0) is 0 Å². The van der Waals surface area contributed by atoms with Gasteiger partial charge >= 0.3 is 6.01 Å². The van der Waals surface area contributed by atoms with Crippen molar-refractivity contribution in [2.24, 2.45) is 11.8 Å². The third kappa shape index (κ3) is 3.57. The lowest BCUT2D eigenvalue weighted by atomic mass is 9.75. The van der Waals surface area contributed by atoms with E-state index in [9.17, 15) is 0 Å². The van der Waals surface area contributed by atoms with Crippen molar-refractivity contribution in [1.29, 1.82) is 0 Å². The van der Waals surface area contributed by atoms with Gasteiger partial charge in [0.2, 0.25) is 11.2 Å². The molecule has 1 aliphatic heterocycles. The number of aromatic nitrogens is 3. The summed E-state index contributed by atoms with van der Waals surface area (Å²) in [5.41, 5.74) is 0. The molecule has 1 saturated carbocycles. The second-order valence-electron chi connectivity index (χ2n) is 6.07. The highest BCUT2D eigenvalue weighted by Crippen LogP contribution is 2.37. The molecule has 0 aromatic carbocycles. The molecular formula is C15H23ClN4O. The Kier molecular flexibility index (Phi) is 4.78. The molecule has 116 valence electrons. The molecule has 0 N–H and O–H groups in total. The van der Waals surface area contributed by atoms with Gasteiger partial charge in [0.15, 0.2) is 0 Å². The van der Waals surface area contributed by atoms with Crippen LogP contribution in [0.3, 0.4) is 0 Å². The molecule has 0 radical (unpaired) electrons. The molecule has 0 amide bonds.